The van der Waals surface area contributed by atoms with E-state index >= 15 is 0 Å². The van der Waals surface area contributed by atoms with Crippen molar-refractivity contribution in [3.63, 3.8) is 0 Å². The molecule has 0 saturated carbocycles. The van der Waals surface area contributed by atoms with E-state index in [1.54, 1.807) is 6.92 Å². The number of carbonyl (C=O) groups excluding carboxylic acids is 1. The van der Waals surface area contributed by atoms with Crippen molar-refractivity contribution < 1.29 is 4.79 Å². The molecule has 2 aliphatic rings. The number of fused-ring (bicyclic) bond motifs is 6. The van der Waals surface area contributed by atoms with Gasteiger partial charge in [-0.25, -0.2) is 0 Å². The Morgan fingerprint density at radius 2 is 1.39 bits per heavy atom. The third-order valence-corrected chi connectivity index (χ3v) is 8.35. The monoisotopic (exact) mass is 494 g/mol. The number of halogens is 1. The zero-order chi connectivity index (χ0) is 25.7. The van der Waals surface area contributed by atoms with Crippen LogP contribution in [0.15, 0.2) is 72.8 Å². The van der Waals surface area contributed by atoms with Crippen LogP contribution in [0.2, 0.25) is 5.02 Å². The molecule has 6 rings (SSSR count). The van der Waals surface area contributed by atoms with E-state index in [1.165, 1.54) is 45.9 Å². The van der Waals surface area contributed by atoms with Crippen molar-refractivity contribution in [1.29, 1.82) is 0 Å². The molecule has 0 saturated heterocycles. The second kappa shape index (κ2) is 9.20. The van der Waals surface area contributed by atoms with Crippen molar-refractivity contribution in [2.24, 2.45) is 0 Å². The van der Waals surface area contributed by atoms with Crippen LogP contribution < -0.4 is 0 Å². The van der Waals surface area contributed by atoms with Gasteiger partial charge in [-0.15, -0.1) is 0 Å². The molecule has 0 radical (unpaired) electrons. The van der Waals surface area contributed by atoms with Gasteiger partial charge in [-0.2, -0.15) is 0 Å². The minimum atomic E-state index is 0.0600. The number of allylic oxidation sites excluding steroid dienone is 2. The fraction of sp³-hybridized carbons (Fsp3) is 0.324. The summed E-state index contributed by atoms with van der Waals surface area (Å²) >= 11 is 6.58. The van der Waals surface area contributed by atoms with Gasteiger partial charge in [-0.3, -0.25) is 4.79 Å². The van der Waals surface area contributed by atoms with E-state index < -0.39 is 0 Å². The van der Waals surface area contributed by atoms with Crippen molar-refractivity contribution in [1.82, 2.24) is 0 Å². The topological polar surface area (TPSA) is 17.1 Å². The zero-order valence-electron chi connectivity index (χ0n) is 22.0. The maximum Gasteiger partial charge on any atom is 0.160 e. The first-order valence-corrected chi connectivity index (χ1v) is 13.4. The molecule has 0 unspecified atom stereocenters. The number of carbonyl (C=O) groups is 1. The van der Waals surface area contributed by atoms with Crippen LogP contribution in [0.4, 0.5) is 0 Å². The van der Waals surface area contributed by atoms with Gasteiger partial charge in [-0.1, -0.05) is 106 Å². The molecular formula is C34H35ClO. The first kappa shape index (κ1) is 24.8. The van der Waals surface area contributed by atoms with Crippen LogP contribution in [0.25, 0.3) is 21.5 Å². The average molecular weight is 495 g/mol. The molecule has 4 aromatic rings. The van der Waals surface area contributed by atoms with Gasteiger partial charge in [-0.05, 0) is 77.1 Å². The van der Waals surface area contributed by atoms with E-state index in [-0.39, 0.29) is 16.6 Å². The summed E-state index contributed by atoms with van der Waals surface area (Å²) in [5, 5.41) is 5.13. The summed E-state index contributed by atoms with van der Waals surface area (Å²) in [5.41, 5.74) is 6.91. The smallest absolute Gasteiger partial charge is 0.160 e. The number of rotatable bonds is 1. The van der Waals surface area contributed by atoms with Crippen LogP contribution in [0.3, 0.4) is 0 Å². The molecule has 1 nitrogen and oxygen atoms in total. The number of Topliss-reactive ketones (excluding diaryl/α,β-unsaturated/α-hetero) is 1. The Bertz CT molecular complexity index is 1480. The van der Waals surface area contributed by atoms with Gasteiger partial charge >= 0.3 is 0 Å². The molecule has 0 aromatic heterocycles. The third-order valence-electron chi connectivity index (χ3n) is 8.05. The highest BCUT2D eigenvalue weighted by atomic mass is 35.5. The molecule has 0 bridgehead atoms. The van der Waals surface area contributed by atoms with E-state index in [9.17, 15) is 4.79 Å². The lowest BCUT2D eigenvalue weighted by molar-refractivity contribution is 0.101. The number of hydrogen-bond donors (Lipinski definition) is 0. The van der Waals surface area contributed by atoms with Crippen LogP contribution in [0, 0.1) is 0 Å². The molecule has 36 heavy (non-hydrogen) atoms. The van der Waals surface area contributed by atoms with Crippen molar-refractivity contribution in [2.75, 3.05) is 0 Å². The van der Waals surface area contributed by atoms with E-state index in [0.29, 0.717) is 10.6 Å². The summed E-state index contributed by atoms with van der Waals surface area (Å²) < 4.78 is 0. The largest absolute Gasteiger partial charge is 0.294 e. The molecule has 0 spiro atoms. The fourth-order valence-electron chi connectivity index (χ4n) is 5.99. The molecule has 2 heteroatoms. The summed E-state index contributed by atoms with van der Waals surface area (Å²) in [6, 6.07) is 21.2. The molecule has 0 amide bonds. The predicted molar refractivity (Wildman–Crippen MR) is 155 cm³/mol. The Kier molecular flexibility index (Phi) is 6.33. The zero-order valence-corrected chi connectivity index (χ0v) is 22.8. The van der Waals surface area contributed by atoms with Gasteiger partial charge in [0.05, 0.1) is 0 Å². The van der Waals surface area contributed by atoms with Crippen molar-refractivity contribution in [3.8, 4) is 0 Å². The number of aryl methyl sites for hydroxylation is 2. The lowest BCUT2D eigenvalue weighted by Crippen LogP contribution is -2.28. The standard InChI is InChI=1S/C20H17ClO.C14H18/c1-12(22)14-7-4-8-17-16-10-9-13-5-2-3-6-15(13)18(16)11-19(21)20(14)17;1-13(2)9-10-14(3,4)12-8-6-5-7-11(12)13/h4,7-11H,2-3,5-6H2,1H3;5-10H,1-4H3. The molecule has 4 aromatic carbocycles. The maximum atomic E-state index is 11.9. The molecular weight excluding hydrogens is 460 g/mol. The van der Waals surface area contributed by atoms with Gasteiger partial charge in [0.15, 0.2) is 5.78 Å². The number of hydrogen-bond acceptors (Lipinski definition) is 1. The van der Waals surface area contributed by atoms with Crippen LogP contribution >= 0.6 is 11.6 Å². The Balaban J connectivity index is 0.000000165. The van der Waals surface area contributed by atoms with Gasteiger partial charge in [0.25, 0.3) is 0 Å². The Morgan fingerprint density at radius 1 is 0.750 bits per heavy atom. The lowest BCUT2D eigenvalue weighted by atomic mass is 9.68. The molecule has 0 aliphatic heterocycles. The van der Waals surface area contributed by atoms with Crippen LogP contribution in [0.1, 0.15) is 80.1 Å². The Morgan fingerprint density at radius 3 is 2.03 bits per heavy atom. The molecule has 0 N–H and O–H groups in total. The molecule has 184 valence electrons. The summed E-state index contributed by atoms with van der Waals surface area (Å²) in [7, 11) is 0. The Hall–Kier alpha value is -2.90. The minimum Gasteiger partial charge on any atom is -0.294 e. The van der Waals surface area contributed by atoms with E-state index in [2.05, 4.69) is 88.4 Å². The van der Waals surface area contributed by atoms with Crippen LogP contribution in [-0.4, -0.2) is 5.78 Å². The summed E-state index contributed by atoms with van der Waals surface area (Å²) in [4.78, 5) is 11.9. The summed E-state index contributed by atoms with van der Waals surface area (Å²) in [5.74, 6) is 0.0600. The summed E-state index contributed by atoms with van der Waals surface area (Å²) in [6.45, 7) is 10.7. The second-order valence-corrected chi connectivity index (χ2v) is 11.9. The number of ketones is 1. The van der Waals surface area contributed by atoms with Crippen LogP contribution in [-0.2, 0) is 23.7 Å². The second-order valence-electron chi connectivity index (χ2n) is 11.5. The third kappa shape index (κ3) is 4.28. The van der Waals surface area contributed by atoms with Gasteiger partial charge in [0, 0.05) is 26.8 Å². The van der Waals surface area contributed by atoms with Crippen molar-refractivity contribution >= 4 is 38.9 Å². The molecule has 2 aliphatic carbocycles. The minimum absolute atomic E-state index is 0.0600. The SMILES string of the molecule is CC(=O)c1cccc2c1c(Cl)cc1c3c(ccc12)CCCC3.CC1(C)C=CC(C)(C)c2ccccc21. The molecule has 0 fully saturated rings. The quantitative estimate of drug-likeness (QED) is 0.146. The van der Waals surface area contributed by atoms with E-state index in [1.807, 2.05) is 12.1 Å². The van der Waals surface area contributed by atoms with Crippen molar-refractivity contribution in [2.45, 2.75) is 71.1 Å². The highest BCUT2D eigenvalue weighted by Crippen LogP contribution is 2.41. The Labute approximate surface area is 220 Å². The van der Waals surface area contributed by atoms with Gasteiger partial charge in [0.2, 0.25) is 0 Å². The normalized spacial score (nSPS) is 17.2. The van der Waals surface area contributed by atoms with E-state index in [0.717, 1.165) is 23.6 Å². The fourth-order valence-corrected chi connectivity index (χ4v) is 6.30. The highest BCUT2D eigenvalue weighted by Gasteiger charge is 2.31. The first-order chi connectivity index (χ1) is 17.1. The van der Waals surface area contributed by atoms with Gasteiger partial charge in [0.1, 0.15) is 0 Å². The van der Waals surface area contributed by atoms with Crippen LogP contribution in [0.5, 0.6) is 0 Å². The molecule has 0 atom stereocenters. The van der Waals surface area contributed by atoms with E-state index in [4.69, 9.17) is 11.6 Å². The number of benzene rings is 4. The van der Waals surface area contributed by atoms with Crippen molar-refractivity contribution in [3.05, 3.63) is 106 Å². The highest BCUT2D eigenvalue weighted by molar-refractivity contribution is 6.39. The predicted octanol–water partition coefficient (Wildman–Crippen LogP) is 9.54. The average Bonchev–Trinajstić information content (AvgIpc) is 2.87. The summed E-state index contributed by atoms with van der Waals surface area (Å²) in [6.07, 6.45) is 9.46. The lowest BCUT2D eigenvalue weighted by Gasteiger charge is -2.36. The molecule has 0 heterocycles. The maximum absolute atomic E-state index is 11.9. The van der Waals surface area contributed by atoms with Gasteiger partial charge < -0.3 is 0 Å². The first-order valence-electron chi connectivity index (χ1n) is 13.1.